The third-order valence-corrected chi connectivity index (χ3v) is 6.60. The van der Waals surface area contributed by atoms with Gasteiger partial charge in [-0.1, -0.05) is 37.3 Å². The van der Waals surface area contributed by atoms with E-state index in [4.69, 9.17) is 0 Å². The van der Waals surface area contributed by atoms with Gasteiger partial charge in [0.25, 0.3) is 5.91 Å². The molecule has 1 heterocycles. The molecule has 3 rings (SSSR count). The van der Waals surface area contributed by atoms with Crippen LogP contribution in [-0.4, -0.2) is 60.1 Å². The van der Waals surface area contributed by atoms with Crippen LogP contribution in [0, 0.1) is 0 Å². The molecule has 5 nitrogen and oxygen atoms in total. The molecular formula is C25H33N3O2S. The second-order valence-corrected chi connectivity index (χ2v) is 8.77. The Labute approximate surface area is 190 Å². The van der Waals surface area contributed by atoms with Crippen LogP contribution in [0.3, 0.4) is 0 Å². The second-order valence-electron chi connectivity index (χ2n) is 7.92. The van der Waals surface area contributed by atoms with Crippen LogP contribution < -0.4 is 5.32 Å². The van der Waals surface area contributed by atoms with Gasteiger partial charge in [0, 0.05) is 42.6 Å². The molecule has 2 aromatic rings. The number of thioether (sulfide) groups is 1. The number of hydrogen-bond acceptors (Lipinski definition) is 4. The van der Waals surface area contributed by atoms with E-state index in [2.05, 4.69) is 17.1 Å². The lowest BCUT2D eigenvalue weighted by Crippen LogP contribution is -2.47. The largest absolute Gasteiger partial charge is 0.339 e. The Morgan fingerprint density at radius 3 is 2.39 bits per heavy atom. The Kier molecular flexibility index (Phi) is 8.98. The zero-order valence-electron chi connectivity index (χ0n) is 18.5. The first kappa shape index (κ1) is 23.4. The molecule has 0 aromatic heterocycles. The van der Waals surface area contributed by atoms with Crippen LogP contribution in [-0.2, 0) is 4.79 Å². The number of carbonyl (C=O) groups is 2. The van der Waals surface area contributed by atoms with Gasteiger partial charge in [0.2, 0.25) is 5.91 Å². The Bertz CT molecular complexity index is 851. The molecule has 0 spiro atoms. The molecule has 1 N–H and O–H groups in total. The average Bonchev–Trinajstić information content (AvgIpc) is 2.82. The Morgan fingerprint density at radius 2 is 1.71 bits per heavy atom. The monoisotopic (exact) mass is 439 g/mol. The number of hydrogen-bond donors (Lipinski definition) is 1. The second kappa shape index (κ2) is 11.9. The SMILES string of the molecule is CCCN(CCC(=O)Nc1ccccc1SC)C1CCN(C(=O)c2ccccc2)CC1. The van der Waals surface area contributed by atoms with Crippen molar-refractivity contribution >= 4 is 29.3 Å². The van der Waals surface area contributed by atoms with E-state index in [1.54, 1.807) is 11.8 Å². The molecule has 0 aliphatic carbocycles. The molecule has 1 fully saturated rings. The van der Waals surface area contributed by atoms with Crippen molar-refractivity contribution in [3.05, 3.63) is 60.2 Å². The lowest BCUT2D eigenvalue weighted by molar-refractivity contribution is -0.116. The van der Waals surface area contributed by atoms with Gasteiger partial charge >= 0.3 is 0 Å². The first-order valence-corrected chi connectivity index (χ1v) is 12.4. The number of nitrogens with zero attached hydrogens (tertiary/aromatic N) is 2. The molecule has 0 radical (unpaired) electrons. The van der Waals surface area contributed by atoms with Crippen LogP contribution in [0.4, 0.5) is 5.69 Å². The van der Waals surface area contributed by atoms with Gasteiger partial charge in [-0.25, -0.2) is 0 Å². The van der Waals surface area contributed by atoms with Crippen molar-refractivity contribution in [3.8, 4) is 0 Å². The van der Waals surface area contributed by atoms with Crippen LogP contribution in [0.5, 0.6) is 0 Å². The van der Waals surface area contributed by atoms with Gasteiger partial charge in [-0.15, -0.1) is 11.8 Å². The van der Waals surface area contributed by atoms with E-state index in [0.717, 1.165) is 61.6 Å². The highest BCUT2D eigenvalue weighted by Gasteiger charge is 2.27. The number of benzene rings is 2. The maximum atomic E-state index is 12.7. The number of nitrogens with one attached hydrogen (secondary N) is 1. The summed E-state index contributed by atoms with van der Waals surface area (Å²) in [5, 5.41) is 3.06. The summed E-state index contributed by atoms with van der Waals surface area (Å²) in [5.74, 6) is 0.173. The lowest BCUT2D eigenvalue weighted by atomic mass is 10.0. The van der Waals surface area contributed by atoms with Gasteiger partial charge < -0.3 is 10.2 Å². The molecule has 0 atom stereocenters. The van der Waals surface area contributed by atoms with Crippen LogP contribution >= 0.6 is 11.8 Å². The Hall–Kier alpha value is -2.31. The zero-order valence-corrected chi connectivity index (χ0v) is 19.4. The molecule has 0 saturated carbocycles. The molecule has 1 aliphatic heterocycles. The van der Waals surface area contributed by atoms with Gasteiger partial charge in [0.1, 0.15) is 0 Å². The van der Waals surface area contributed by atoms with E-state index in [0.29, 0.717) is 12.5 Å². The minimum absolute atomic E-state index is 0.0549. The van der Waals surface area contributed by atoms with Crippen molar-refractivity contribution in [1.29, 1.82) is 0 Å². The summed E-state index contributed by atoms with van der Waals surface area (Å²) in [6, 6.07) is 17.8. The van der Waals surface area contributed by atoms with E-state index in [-0.39, 0.29) is 11.8 Å². The third-order valence-electron chi connectivity index (χ3n) is 5.81. The van der Waals surface area contributed by atoms with E-state index >= 15 is 0 Å². The van der Waals surface area contributed by atoms with Crippen molar-refractivity contribution in [1.82, 2.24) is 9.80 Å². The molecule has 1 saturated heterocycles. The lowest BCUT2D eigenvalue weighted by Gasteiger charge is -2.38. The number of amides is 2. The number of likely N-dealkylation sites (tertiary alicyclic amines) is 1. The number of carbonyl (C=O) groups excluding carboxylic acids is 2. The third kappa shape index (κ3) is 6.58. The van der Waals surface area contributed by atoms with Gasteiger partial charge in [-0.05, 0) is 56.3 Å². The van der Waals surface area contributed by atoms with E-state index in [9.17, 15) is 9.59 Å². The van der Waals surface area contributed by atoms with Gasteiger partial charge in [0.05, 0.1) is 5.69 Å². The van der Waals surface area contributed by atoms with Crippen molar-refractivity contribution in [3.63, 3.8) is 0 Å². The zero-order chi connectivity index (χ0) is 22.1. The first-order valence-electron chi connectivity index (χ1n) is 11.1. The van der Waals surface area contributed by atoms with Crippen LogP contribution in [0.15, 0.2) is 59.5 Å². The summed E-state index contributed by atoms with van der Waals surface area (Å²) in [4.78, 5) is 30.7. The van der Waals surface area contributed by atoms with Crippen molar-refractivity contribution in [2.45, 2.75) is 43.5 Å². The van der Waals surface area contributed by atoms with Crippen molar-refractivity contribution < 1.29 is 9.59 Å². The first-order chi connectivity index (χ1) is 15.1. The summed E-state index contributed by atoms with van der Waals surface area (Å²) in [5.41, 5.74) is 1.64. The number of para-hydroxylation sites is 1. The number of piperidine rings is 1. The fraction of sp³-hybridized carbons (Fsp3) is 0.440. The fourth-order valence-electron chi connectivity index (χ4n) is 4.17. The number of anilines is 1. The van der Waals surface area contributed by atoms with Crippen LogP contribution in [0.2, 0.25) is 0 Å². The molecule has 0 unspecified atom stereocenters. The molecule has 31 heavy (non-hydrogen) atoms. The van der Waals surface area contributed by atoms with Gasteiger partial charge in [-0.3, -0.25) is 14.5 Å². The standard InChI is InChI=1S/C25H33N3O2S/c1-3-16-27(19-15-24(29)26-22-11-7-8-12-23(22)31-2)21-13-17-28(18-14-21)25(30)20-9-5-4-6-10-20/h4-12,21H,3,13-19H2,1-2H3,(H,26,29). The Balaban J connectivity index is 1.50. The molecule has 166 valence electrons. The smallest absolute Gasteiger partial charge is 0.253 e. The van der Waals surface area contributed by atoms with E-state index < -0.39 is 0 Å². The normalized spacial score (nSPS) is 14.6. The quantitative estimate of drug-likeness (QED) is 0.573. The fourth-order valence-corrected chi connectivity index (χ4v) is 4.72. The highest BCUT2D eigenvalue weighted by molar-refractivity contribution is 7.98. The highest BCUT2D eigenvalue weighted by atomic mass is 32.2. The predicted molar refractivity (Wildman–Crippen MR) is 129 cm³/mol. The summed E-state index contributed by atoms with van der Waals surface area (Å²) in [7, 11) is 0. The van der Waals surface area contributed by atoms with Crippen LogP contribution in [0.1, 0.15) is 43.0 Å². The summed E-state index contributed by atoms with van der Waals surface area (Å²) < 4.78 is 0. The van der Waals surface area contributed by atoms with Crippen LogP contribution in [0.25, 0.3) is 0 Å². The topological polar surface area (TPSA) is 52.7 Å². The maximum Gasteiger partial charge on any atom is 0.253 e. The summed E-state index contributed by atoms with van der Waals surface area (Å²) in [6.07, 6.45) is 5.46. The van der Waals surface area contributed by atoms with Crippen molar-refractivity contribution in [2.75, 3.05) is 37.8 Å². The van der Waals surface area contributed by atoms with E-state index in [1.807, 2.05) is 65.8 Å². The minimum atomic E-state index is 0.0549. The average molecular weight is 440 g/mol. The molecule has 1 aliphatic rings. The Morgan fingerprint density at radius 1 is 1.03 bits per heavy atom. The maximum absolute atomic E-state index is 12.7. The molecule has 2 amide bonds. The highest BCUT2D eigenvalue weighted by Crippen LogP contribution is 2.25. The number of rotatable bonds is 9. The predicted octanol–water partition coefficient (Wildman–Crippen LogP) is 4.75. The molecule has 6 heteroatoms. The van der Waals surface area contributed by atoms with Gasteiger partial charge in [-0.2, -0.15) is 0 Å². The summed E-state index contributed by atoms with van der Waals surface area (Å²) >= 11 is 1.64. The summed E-state index contributed by atoms with van der Waals surface area (Å²) in [6.45, 7) is 5.44. The van der Waals surface area contributed by atoms with Gasteiger partial charge in [0.15, 0.2) is 0 Å². The minimum Gasteiger partial charge on any atom is -0.339 e. The van der Waals surface area contributed by atoms with E-state index in [1.165, 1.54) is 0 Å². The molecular weight excluding hydrogens is 406 g/mol. The van der Waals surface area contributed by atoms with Crippen molar-refractivity contribution in [2.24, 2.45) is 0 Å². The molecule has 2 aromatic carbocycles. The molecule has 0 bridgehead atoms.